The van der Waals surface area contributed by atoms with Crippen molar-refractivity contribution >= 4 is 27.5 Å². The Bertz CT molecular complexity index is 548. The standard InChI is InChI=1S/C12H17BrN6/c13-10-1-2-11-16-12(17-19(11)9-10)15-5-8-18-6-3-14-4-7-18/h1-2,9,14H,3-8H2,(H,15,17). The van der Waals surface area contributed by atoms with Gasteiger partial charge in [-0.3, -0.25) is 4.90 Å². The number of anilines is 1. The number of halogens is 1. The molecule has 1 aliphatic rings. The molecule has 3 rings (SSSR count). The molecule has 0 aromatic carbocycles. The zero-order chi connectivity index (χ0) is 13.1. The summed E-state index contributed by atoms with van der Waals surface area (Å²) in [5.41, 5.74) is 0.855. The molecule has 0 atom stereocenters. The van der Waals surface area contributed by atoms with Gasteiger partial charge in [-0.1, -0.05) is 0 Å². The third-order valence-corrected chi connectivity index (χ3v) is 3.68. The Morgan fingerprint density at radius 3 is 3.00 bits per heavy atom. The SMILES string of the molecule is Brc1ccc2nc(NCCN3CCNCC3)nn2c1. The quantitative estimate of drug-likeness (QED) is 0.871. The van der Waals surface area contributed by atoms with Gasteiger partial charge in [-0.05, 0) is 28.1 Å². The average Bonchev–Trinajstić information content (AvgIpc) is 2.82. The summed E-state index contributed by atoms with van der Waals surface area (Å²) in [6, 6.07) is 3.91. The number of hydrogen-bond acceptors (Lipinski definition) is 5. The van der Waals surface area contributed by atoms with Gasteiger partial charge in [0.05, 0.1) is 0 Å². The summed E-state index contributed by atoms with van der Waals surface area (Å²) in [6.07, 6.45) is 1.91. The van der Waals surface area contributed by atoms with Crippen molar-refractivity contribution < 1.29 is 0 Å². The van der Waals surface area contributed by atoms with E-state index in [0.717, 1.165) is 49.4 Å². The number of fused-ring (bicyclic) bond motifs is 1. The topological polar surface area (TPSA) is 57.5 Å². The van der Waals surface area contributed by atoms with Gasteiger partial charge in [0.2, 0.25) is 5.95 Å². The number of rotatable bonds is 4. The minimum absolute atomic E-state index is 0.688. The molecule has 1 aliphatic heterocycles. The second kappa shape index (κ2) is 5.85. The highest BCUT2D eigenvalue weighted by Gasteiger charge is 2.09. The number of nitrogens with one attached hydrogen (secondary N) is 2. The molecule has 6 nitrogen and oxygen atoms in total. The lowest BCUT2D eigenvalue weighted by molar-refractivity contribution is 0.249. The van der Waals surface area contributed by atoms with Crippen LogP contribution < -0.4 is 10.6 Å². The zero-order valence-corrected chi connectivity index (χ0v) is 12.2. The molecule has 1 fully saturated rings. The Balaban J connectivity index is 1.56. The second-order valence-corrected chi connectivity index (χ2v) is 5.52. The molecular formula is C12H17BrN6. The van der Waals surface area contributed by atoms with E-state index in [1.807, 2.05) is 18.3 Å². The van der Waals surface area contributed by atoms with E-state index in [0.29, 0.717) is 5.95 Å². The first-order chi connectivity index (χ1) is 9.31. The van der Waals surface area contributed by atoms with Crippen molar-refractivity contribution in [1.29, 1.82) is 0 Å². The van der Waals surface area contributed by atoms with E-state index in [4.69, 9.17) is 0 Å². The third kappa shape index (κ3) is 3.23. The third-order valence-electron chi connectivity index (χ3n) is 3.22. The summed E-state index contributed by atoms with van der Waals surface area (Å²) in [5, 5.41) is 11.0. The highest BCUT2D eigenvalue weighted by molar-refractivity contribution is 9.10. The maximum Gasteiger partial charge on any atom is 0.243 e. The summed E-state index contributed by atoms with van der Waals surface area (Å²) in [5.74, 6) is 0.688. The van der Waals surface area contributed by atoms with Crippen molar-refractivity contribution in [3.63, 3.8) is 0 Å². The summed E-state index contributed by atoms with van der Waals surface area (Å²) in [7, 11) is 0. The highest BCUT2D eigenvalue weighted by atomic mass is 79.9. The molecule has 2 aromatic heterocycles. The maximum atomic E-state index is 4.43. The van der Waals surface area contributed by atoms with Gasteiger partial charge < -0.3 is 10.6 Å². The molecule has 0 unspecified atom stereocenters. The molecule has 1 saturated heterocycles. The van der Waals surface area contributed by atoms with Gasteiger partial charge in [-0.15, -0.1) is 5.10 Å². The number of hydrogen-bond donors (Lipinski definition) is 2. The van der Waals surface area contributed by atoms with E-state index in [9.17, 15) is 0 Å². The number of pyridine rings is 1. The molecule has 0 aliphatic carbocycles. The average molecular weight is 325 g/mol. The van der Waals surface area contributed by atoms with Crippen LogP contribution >= 0.6 is 15.9 Å². The van der Waals surface area contributed by atoms with Gasteiger partial charge in [0.1, 0.15) is 0 Å². The first-order valence-corrected chi connectivity index (χ1v) is 7.29. The van der Waals surface area contributed by atoms with E-state index in [1.165, 1.54) is 0 Å². The van der Waals surface area contributed by atoms with Crippen molar-refractivity contribution in [3.05, 3.63) is 22.8 Å². The molecule has 19 heavy (non-hydrogen) atoms. The molecule has 0 radical (unpaired) electrons. The van der Waals surface area contributed by atoms with Crippen LogP contribution in [-0.2, 0) is 0 Å². The minimum Gasteiger partial charge on any atom is -0.352 e. The zero-order valence-electron chi connectivity index (χ0n) is 10.6. The molecule has 0 spiro atoms. The molecule has 7 heteroatoms. The Labute approximate surface area is 120 Å². The fourth-order valence-electron chi connectivity index (χ4n) is 2.19. The van der Waals surface area contributed by atoms with Crippen LogP contribution in [0.1, 0.15) is 0 Å². The molecule has 0 saturated carbocycles. The van der Waals surface area contributed by atoms with Crippen molar-refractivity contribution in [3.8, 4) is 0 Å². The maximum absolute atomic E-state index is 4.43. The van der Waals surface area contributed by atoms with Crippen LogP contribution in [0.15, 0.2) is 22.8 Å². The normalized spacial score (nSPS) is 16.9. The van der Waals surface area contributed by atoms with E-state index >= 15 is 0 Å². The van der Waals surface area contributed by atoms with Gasteiger partial charge in [0.15, 0.2) is 5.65 Å². The molecule has 102 valence electrons. The van der Waals surface area contributed by atoms with Crippen molar-refractivity contribution in [1.82, 2.24) is 24.8 Å². The fraction of sp³-hybridized carbons (Fsp3) is 0.500. The van der Waals surface area contributed by atoms with Gasteiger partial charge in [0.25, 0.3) is 0 Å². The van der Waals surface area contributed by atoms with Crippen molar-refractivity contribution in [2.75, 3.05) is 44.6 Å². The number of piperazine rings is 1. The van der Waals surface area contributed by atoms with Crippen LogP contribution in [0, 0.1) is 0 Å². The van der Waals surface area contributed by atoms with E-state index in [2.05, 4.69) is 41.5 Å². The van der Waals surface area contributed by atoms with Crippen LogP contribution in [0.4, 0.5) is 5.95 Å². The first-order valence-electron chi connectivity index (χ1n) is 6.50. The largest absolute Gasteiger partial charge is 0.352 e. The van der Waals surface area contributed by atoms with Gasteiger partial charge in [-0.2, -0.15) is 4.98 Å². The summed E-state index contributed by atoms with van der Waals surface area (Å²) >= 11 is 3.42. The van der Waals surface area contributed by atoms with Gasteiger partial charge >= 0.3 is 0 Å². The first kappa shape index (κ1) is 12.8. The molecule has 2 aromatic rings. The number of nitrogens with zero attached hydrogens (tertiary/aromatic N) is 4. The van der Waals surface area contributed by atoms with Gasteiger partial charge in [-0.25, -0.2) is 4.52 Å². The van der Waals surface area contributed by atoms with Crippen molar-refractivity contribution in [2.45, 2.75) is 0 Å². The van der Waals surface area contributed by atoms with Crippen molar-refractivity contribution in [2.24, 2.45) is 0 Å². The lowest BCUT2D eigenvalue weighted by atomic mass is 10.3. The Morgan fingerprint density at radius 1 is 1.32 bits per heavy atom. The fourth-order valence-corrected chi connectivity index (χ4v) is 2.52. The molecule has 0 bridgehead atoms. The second-order valence-electron chi connectivity index (χ2n) is 4.60. The van der Waals surface area contributed by atoms with E-state index in [1.54, 1.807) is 4.52 Å². The van der Waals surface area contributed by atoms with E-state index in [-0.39, 0.29) is 0 Å². The molecular weight excluding hydrogens is 308 g/mol. The summed E-state index contributed by atoms with van der Waals surface area (Å²) in [4.78, 5) is 6.87. The van der Waals surface area contributed by atoms with Gasteiger partial charge in [0, 0.05) is 49.9 Å². The van der Waals surface area contributed by atoms with E-state index < -0.39 is 0 Å². The smallest absolute Gasteiger partial charge is 0.243 e. The molecule has 2 N–H and O–H groups in total. The lowest BCUT2D eigenvalue weighted by Crippen LogP contribution is -2.45. The van der Waals surface area contributed by atoms with Crippen LogP contribution in [0.5, 0.6) is 0 Å². The number of aromatic nitrogens is 3. The van der Waals surface area contributed by atoms with Crippen LogP contribution in [0.25, 0.3) is 5.65 Å². The predicted octanol–water partition coefficient (Wildman–Crippen LogP) is 0.809. The van der Waals surface area contributed by atoms with Crippen LogP contribution in [0.3, 0.4) is 0 Å². The predicted molar refractivity (Wildman–Crippen MR) is 78.5 cm³/mol. The Morgan fingerprint density at radius 2 is 2.16 bits per heavy atom. The van der Waals surface area contributed by atoms with Crippen LogP contribution in [-0.4, -0.2) is 58.8 Å². The van der Waals surface area contributed by atoms with Crippen LogP contribution in [0.2, 0.25) is 0 Å². The Kier molecular flexibility index (Phi) is 3.95. The summed E-state index contributed by atoms with van der Waals surface area (Å²) < 4.78 is 2.77. The highest BCUT2D eigenvalue weighted by Crippen LogP contribution is 2.11. The molecule has 3 heterocycles. The minimum atomic E-state index is 0.688. The molecule has 0 amide bonds. The Hall–Kier alpha value is -1.18. The lowest BCUT2D eigenvalue weighted by Gasteiger charge is -2.26. The monoisotopic (exact) mass is 324 g/mol. The summed E-state index contributed by atoms with van der Waals surface area (Å²) in [6.45, 7) is 6.31.